The van der Waals surface area contributed by atoms with E-state index in [1.54, 1.807) is 0 Å². The van der Waals surface area contributed by atoms with Crippen LogP contribution in [0.5, 0.6) is 0 Å². The molecule has 0 saturated carbocycles. The topological polar surface area (TPSA) is 17.8 Å². The first-order valence-electron chi connectivity index (χ1n) is 21.0. The van der Waals surface area contributed by atoms with Gasteiger partial charge in [0.25, 0.3) is 0 Å². The second kappa shape index (κ2) is 15.0. The lowest BCUT2D eigenvalue weighted by Gasteiger charge is -2.34. The summed E-state index contributed by atoms with van der Waals surface area (Å²) in [5, 5.41) is 0. The Labute approximate surface area is 369 Å². The van der Waals surface area contributed by atoms with E-state index in [0.717, 1.165) is 28.1 Å². The second-order valence-electron chi connectivity index (χ2n) is 15.9. The summed E-state index contributed by atoms with van der Waals surface area (Å²) < 4.78 is 2.28. The summed E-state index contributed by atoms with van der Waals surface area (Å²) in [6.07, 6.45) is 0. The monoisotopic (exact) mass is 826 g/mol. The van der Waals surface area contributed by atoms with Gasteiger partial charge in [-0.1, -0.05) is 170 Å². The first-order valence-corrected chi connectivity index (χ1v) is 22.7. The average molecular weight is 827 g/mol. The first-order chi connectivity index (χ1) is 30.7. The minimum absolute atomic E-state index is 0.602. The minimum Gasteiger partial charge on any atom is -0.292 e. The molecule has 3 aromatic heterocycles. The number of benzene rings is 8. The van der Waals surface area contributed by atoms with E-state index in [1.165, 1.54) is 75.1 Å². The molecule has 0 spiro atoms. The first kappa shape index (κ1) is 36.5. The van der Waals surface area contributed by atoms with Gasteiger partial charge in [-0.15, -0.1) is 22.7 Å². The van der Waals surface area contributed by atoms with Gasteiger partial charge in [-0.25, -0.2) is 4.98 Å². The van der Waals surface area contributed by atoms with Gasteiger partial charge in [-0.2, -0.15) is 0 Å². The summed E-state index contributed by atoms with van der Waals surface area (Å²) in [5.41, 5.74) is 16.1. The van der Waals surface area contributed by atoms with E-state index in [9.17, 15) is 0 Å². The van der Waals surface area contributed by atoms with Crippen LogP contribution in [0.4, 0.5) is 0 Å². The predicted molar refractivity (Wildman–Crippen MR) is 261 cm³/mol. The zero-order valence-electron chi connectivity index (χ0n) is 33.7. The number of hydrogen-bond donors (Lipinski definition) is 0. The molecule has 1 aliphatic rings. The largest absolute Gasteiger partial charge is 0.292 e. The average Bonchev–Trinajstić information content (AvgIpc) is 4.17. The van der Waals surface area contributed by atoms with E-state index in [-0.39, 0.29) is 0 Å². The van der Waals surface area contributed by atoms with Crippen LogP contribution in [0, 0.1) is 0 Å². The number of hydrogen-bond acceptors (Lipinski definition) is 3. The molecule has 0 fully saturated rings. The van der Waals surface area contributed by atoms with Crippen LogP contribution in [0.1, 0.15) is 22.3 Å². The minimum atomic E-state index is -0.602. The number of imidazole rings is 1. The van der Waals surface area contributed by atoms with Crippen molar-refractivity contribution >= 4 is 33.7 Å². The van der Waals surface area contributed by atoms with Crippen LogP contribution >= 0.6 is 22.7 Å². The molecule has 2 nitrogen and oxygen atoms in total. The molecule has 1 aliphatic carbocycles. The highest BCUT2D eigenvalue weighted by atomic mass is 32.1. The van der Waals surface area contributed by atoms with Gasteiger partial charge in [-0.3, -0.25) is 4.57 Å². The SMILES string of the molecule is c1ccc(-c2ccc(-c3ccc4c(c3)C(c3ccccc3)(c3ccc(-c5nc6ccccc6n5-c5ccccc5)cc3)c3cc(-c5ccc(-c6ccccc6)s5)ccc3-4)s2)cc1. The van der Waals surface area contributed by atoms with Crippen LogP contribution in [0.25, 0.3) is 81.0 Å². The van der Waals surface area contributed by atoms with Gasteiger partial charge in [0, 0.05) is 30.8 Å². The highest BCUT2D eigenvalue weighted by Crippen LogP contribution is 2.58. The third kappa shape index (κ3) is 5.94. The Bertz CT molecular complexity index is 3250. The van der Waals surface area contributed by atoms with E-state index in [0.29, 0.717) is 0 Å². The number of fused-ring (bicyclic) bond motifs is 4. The van der Waals surface area contributed by atoms with Crippen LogP contribution in [-0.4, -0.2) is 9.55 Å². The second-order valence-corrected chi connectivity index (χ2v) is 18.0. The number of para-hydroxylation sites is 3. The standard InChI is InChI=1S/C58H38N2S2/c1-5-15-39(16-6-1)53-33-35-55(61-53)42-27-31-47-48-32-28-43(56-36-34-54(62-56)40-17-7-2-8-18-40)38-50(48)58(49(47)37-42,44-19-9-3-10-20-44)45-29-25-41(26-30-45)57-59-51-23-13-14-24-52(51)60(57)46-21-11-4-12-22-46/h1-38H. The fourth-order valence-electron chi connectivity index (χ4n) is 9.54. The van der Waals surface area contributed by atoms with Crippen LogP contribution in [-0.2, 0) is 5.41 Å². The van der Waals surface area contributed by atoms with E-state index in [4.69, 9.17) is 4.98 Å². The lowest BCUT2D eigenvalue weighted by Crippen LogP contribution is -2.28. The van der Waals surface area contributed by atoms with Crippen molar-refractivity contribution in [2.24, 2.45) is 0 Å². The fraction of sp³-hybridized carbons (Fsp3) is 0.0172. The summed E-state index contributed by atoms with van der Waals surface area (Å²) in [4.78, 5) is 10.3. The summed E-state index contributed by atoms with van der Waals surface area (Å²) in [5.74, 6) is 0.924. The lowest BCUT2D eigenvalue weighted by atomic mass is 9.67. The van der Waals surface area contributed by atoms with Gasteiger partial charge < -0.3 is 0 Å². The molecule has 4 heteroatoms. The molecule has 0 amide bonds. The molecular weight excluding hydrogens is 789 g/mol. The van der Waals surface area contributed by atoms with Crippen molar-refractivity contribution in [3.8, 4) is 70.0 Å². The zero-order chi connectivity index (χ0) is 41.0. The van der Waals surface area contributed by atoms with Gasteiger partial charge in [0.1, 0.15) is 5.82 Å². The molecule has 0 radical (unpaired) electrons. The van der Waals surface area contributed by atoms with Crippen molar-refractivity contribution < 1.29 is 0 Å². The maximum atomic E-state index is 5.24. The molecule has 0 atom stereocenters. The van der Waals surface area contributed by atoms with Crippen molar-refractivity contribution in [3.05, 3.63) is 253 Å². The zero-order valence-corrected chi connectivity index (χ0v) is 35.3. The highest BCUT2D eigenvalue weighted by Gasteiger charge is 2.46. The normalized spacial score (nSPS) is 12.6. The van der Waals surface area contributed by atoms with Crippen molar-refractivity contribution in [2.45, 2.75) is 5.41 Å². The summed E-state index contributed by atoms with van der Waals surface area (Å²) in [7, 11) is 0. The smallest absolute Gasteiger partial charge is 0.145 e. The molecule has 3 heterocycles. The molecule has 0 N–H and O–H groups in total. The Morgan fingerprint density at radius 2 is 0.790 bits per heavy atom. The van der Waals surface area contributed by atoms with Gasteiger partial charge >= 0.3 is 0 Å². The van der Waals surface area contributed by atoms with Crippen LogP contribution in [0.15, 0.2) is 231 Å². The van der Waals surface area contributed by atoms with Crippen molar-refractivity contribution in [1.29, 1.82) is 0 Å². The maximum Gasteiger partial charge on any atom is 0.145 e. The van der Waals surface area contributed by atoms with Crippen LogP contribution < -0.4 is 0 Å². The number of thiophene rings is 2. The van der Waals surface area contributed by atoms with Crippen molar-refractivity contribution in [1.82, 2.24) is 9.55 Å². The van der Waals surface area contributed by atoms with Crippen LogP contribution in [0.3, 0.4) is 0 Å². The third-order valence-electron chi connectivity index (χ3n) is 12.4. The highest BCUT2D eigenvalue weighted by molar-refractivity contribution is 7.19. The fourth-order valence-corrected chi connectivity index (χ4v) is 11.6. The molecule has 12 rings (SSSR count). The molecule has 0 saturated heterocycles. The molecule has 8 aromatic carbocycles. The number of aromatic nitrogens is 2. The molecule has 0 aliphatic heterocycles. The van der Waals surface area contributed by atoms with E-state index in [1.807, 2.05) is 22.7 Å². The Morgan fingerprint density at radius 3 is 1.34 bits per heavy atom. The summed E-state index contributed by atoms with van der Waals surface area (Å²) in [6, 6.07) is 84.2. The quantitative estimate of drug-likeness (QED) is 0.149. The number of nitrogens with zero attached hydrogens (tertiary/aromatic N) is 2. The Morgan fingerprint density at radius 1 is 0.355 bits per heavy atom. The molecule has 11 aromatic rings. The van der Waals surface area contributed by atoms with E-state index in [2.05, 4.69) is 235 Å². The van der Waals surface area contributed by atoms with E-state index >= 15 is 0 Å². The number of rotatable bonds is 8. The summed E-state index contributed by atoms with van der Waals surface area (Å²) >= 11 is 3.71. The van der Waals surface area contributed by atoms with Crippen molar-refractivity contribution in [3.63, 3.8) is 0 Å². The molecular formula is C58H38N2S2. The van der Waals surface area contributed by atoms with Gasteiger partial charge in [0.05, 0.1) is 16.4 Å². The molecule has 0 bridgehead atoms. The Hall–Kier alpha value is -7.37. The van der Waals surface area contributed by atoms with Crippen molar-refractivity contribution in [2.75, 3.05) is 0 Å². The Balaban J connectivity index is 1.07. The maximum absolute atomic E-state index is 5.24. The van der Waals surface area contributed by atoms with E-state index < -0.39 is 5.41 Å². The molecule has 62 heavy (non-hydrogen) atoms. The lowest BCUT2D eigenvalue weighted by molar-refractivity contribution is 0.769. The van der Waals surface area contributed by atoms with Gasteiger partial charge in [0.2, 0.25) is 0 Å². The van der Waals surface area contributed by atoms with Gasteiger partial charge in [-0.05, 0) is 116 Å². The predicted octanol–water partition coefficient (Wildman–Crippen LogP) is 15.8. The molecule has 0 unspecified atom stereocenters. The third-order valence-corrected chi connectivity index (χ3v) is 14.8. The summed E-state index contributed by atoms with van der Waals surface area (Å²) in [6.45, 7) is 0. The molecule has 292 valence electrons. The Kier molecular flexibility index (Phi) is 8.81. The van der Waals surface area contributed by atoms with Gasteiger partial charge in [0.15, 0.2) is 0 Å². The van der Waals surface area contributed by atoms with Crippen LogP contribution in [0.2, 0.25) is 0 Å².